The highest BCUT2D eigenvalue weighted by atomic mass is 16.5. The molecule has 0 radical (unpaired) electrons. The summed E-state index contributed by atoms with van der Waals surface area (Å²) in [5, 5.41) is 9.23. The zero-order chi connectivity index (χ0) is 35.8. The molecule has 0 saturated carbocycles. The largest absolute Gasteiger partial charge is 0.508 e. The summed E-state index contributed by atoms with van der Waals surface area (Å²) >= 11 is 0. The maximum Gasteiger partial charge on any atom is 0.338 e. The van der Waals surface area contributed by atoms with E-state index >= 15 is 0 Å². The Morgan fingerprint density at radius 2 is 0.688 bits per heavy atom. The van der Waals surface area contributed by atoms with Gasteiger partial charge in [0.1, 0.15) is 29.3 Å². The van der Waals surface area contributed by atoms with E-state index in [2.05, 4.69) is 26.3 Å². The number of phenols is 1. The van der Waals surface area contributed by atoms with E-state index in [9.17, 15) is 24.3 Å². The predicted molar refractivity (Wildman–Crippen MR) is 188 cm³/mol. The normalized spacial score (nSPS) is 9.58. The van der Waals surface area contributed by atoms with Crippen LogP contribution in [0.5, 0.6) is 23.0 Å². The van der Waals surface area contributed by atoms with Crippen LogP contribution in [0.25, 0.3) is 22.3 Å². The minimum atomic E-state index is -0.452. The molecule has 48 heavy (non-hydrogen) atoms. The molecule has 0 aliphatic rings. The van der Waals surface area contributed by atoms with Crippen LogP contribution in [0.3, 0.4) is 0 Å². The molecule has 1 N–H and O–H groups in total. The van der Waals surface area contributed by atoms with Gasteiger partial charge in [0.15, 0.2) is 0 Å². The van der Waals surface area contributed by atoms with Crippen molar-refractivity contribution in [3.05, 3.63) is 146 Å². The Hall–Kier alpha value is -6.28. The Balaban J connectivity index is 0.000000298. The van der Waals surface area contributed by atoms with Crippen LogP contribution in [0.4, 0.5) is 0 Å². The molecule has 8 heteroatoms. The second kappa shape index (κ2) is 18.6. The molecular formula is C40H38O8. The Morgan fingerprint density at radius 1 is 0.479 bits per heavy atom. The third-order valence-corrected chi connectivity index (χ3v) is 5.98. The number of aldehydes is 1. The fourth-order valence-electron chi connectivity index (χ4n) is 3.38. The van der Waals surface area contributed by atoms with Gasteiger partial charge in [-0.1, -0.05) is 74.8 Å². The SMILES string of the molecule is C=C(C)C(=O)Oc1ccc(-c2ccc(O)cc2)cc1.C=C(C)C(=O)Oc1ccc(-c2ccc(OC(=O)C(=C)C)cc2)cc1.C=C(C)C=O. The van der Waals surface area contributed by atoms with Crippen molar-refractivity contribution in [1.29, 1.82) is 0 Å². The summed E-state index contributed by atoms with van der Waals surface area (Å²) in [6.45, 7) is 20.4. The highest BCUT2D eigenvalue weighted by molar-refractivity contribution is 5.90. The number of rotatable bonds is 9. The van der Waals surface area contributed by atoms with Crippen molar-refractivity contribution in [2.75, 3.05) is 0 Å². The molecule has 4 aromatic rings. The van der Waals surface area contributed by atoms with Crippen LogP contribution >= 0.6 is 0 Å². The van der Waals surface area contributed by atoms with Crippen LogP contribution in [0.1, 0.15) is 27.7 Å². The van der Waals surface area contributed by atoms with Crippen molar-refractivity contribution >= 4 is 24.2 Å². The highest BCUT2D eigenvalue weighted by Crippen LogP contribution is 2.26. The number of carbonyl (C=O) groups is 4. The van der Waals surface area contributed by atoms with Crippen molar-refractivity contribution in [3.63, 3.8) is 0 Å². The van der Waals surface area contributed by atoms with Crippen LogP contribution in [0, 0.1) is 0 Å². The van der Waals surface area contributed by atoms with Gasteiger partial charge in [0, 0.05) is 16.7 Å². The molecule has 0 fully saturated rings. The number of phenolic OH excluding ortho intramolecular Hbond substituents is 1. The first kappa shape index (κ1) is 37.9. The second-order valence-corrected chi connectivity index (χ2v) is 10.6. The smallest absolute Gasteiger partial charge is 0.338 e. The quantitative estimate of drug-likeness (QED) is 0.0832. The van der Waals surface area contributed by atoms with Gasteiger partial charge in [-0.25, -0.2) is 14.4 Å². The third-order valence-electron chi connectivity index (χ3n) is 5.98. The van der Waals surface area contributed by atoms with Crippen LogP contribution in [-0.2, 0) is 19.2 Å². The molecule has 0 amide bonds. The van der Waals surface area contributed by atoms with E-state index in [1.807, 2.05) is 48.5 Å². The van der Waals surface area contributed by atoms with Gasteiger partial charge in [-0.3, -0.25) is 4.79 Å². The van der Waals surface area contributed by atoms with Gasteiger partial charge in [0.2, 0.25) is 0 Å². The highest BCUT2D eigenvalue weighted by Gasteiger charge is 2.08. The summed E-state index contributed by atoms with van der Waals surface area (Å²) in [6.07, 6.45) is 0.722. The molecule has 4 rings (SSSR count). The molecule has 0 aliphatic carbocycles. The van der Waals surface area contributed by atoms with Crippen LogP contribution in [0.2, 0.25) is 0 Å². The van der Waals surface area contributed by atoms with E-state index in [1.165, 1.54) is 0 Å². The van der Waals surface area contributed by atoms with Crippen molar-refractivity contribution in [1.82, 2.24) is 0 Å². The molecule has 0 aromatic heterocycles. The Kier molecular flexibility index (Phi) is 14.7. The molecule has 0 spiro atoms. The van der Waals surface area contributed by atoms with Crippen LogP contribution < -0.4 is 14.2 Å². The lowest BCUT2D eigenvalue weighted by Gasteiger charge is -2.07. The first-order valence-corrected chi connectivity index (χ1v) is 14.5. The Bertz CT molecular complexity index is 1710. The lowest BCUT2D eigenvalue weighted by Crippen LogP contribution is -2.08. The summed E-state index contributed by atoms with van der Waals surface area (Å²) in [4.78, 5) is 43.7. The van der Waals surface area contributed by atoms with Gasteiger partial charge >= 0.3 is 17.9 Å². The zero-order valence-electron chi connectivity index (χ0n) is 27.4. The molecule has 0 saturated heterocycles. The summed E-state index contributed by atoms with van der Waals surface area (Å²) in [5.41, 5.74) is 5.49. The van der Waals surface area contributed by atoms with Crippen LogP contribution in [-0.4, -0.2) is 29.3 Å². The number of aromatic hydroxyl groups is 1. The van der Waals surface area contributed by atoms with E-state index in [-0.39, 0.29) is 5.75 Å². The maximum absolute atomic E-state index is 11.5. The van der Waals surface area contributed by atoms with E-state index in [0.717, 1.165) is 28.5 Å². The average Bonchev–Trinajstić information content (AvgIpc) is 3.06. The topological polar surface area (TPSA) is 116 Å². The average molecular weight is 647 g/mol. The van der Waals surface area contributed by atoms with Crippen molar-refractivity contribution in [3.8, 4) is 45.3 Å². The number of allylic oxidation sites excluding steroid dienone is 1. The van der Waals surface area contributed by atoms with Crippen molar-refractivity contribution in [2.24, 2.45) is 0 Å². The summed E-state index contributed by atoms with van der Waals surface area (Å²) in [6, 6.07) is 28.3. The lowest BCUT2D eigenvalue weighted by molar-refractivity contribution is -0.130. The summed E-state index contributed by atoms with van der Waals surface area (Å²) < 4.78 is 15.4. The fourth-order valence-corrected chi connectivity index (χ4v) is 3.38. The number of esters is 3. The molecule has 4 aromatic carbocycles. The molecule has 8 nitrogen and oxygen atoms in total. The number of hydrogen-bond donors (Lipinski definition) is 1. The molecule has 246 valence electrons. The van der Waals surface area contributed by atoms with E-state index in [0.29, 0.717) is 39.5 Å². The predicted octanol–water partition coefficient (Wildman–Crippen LogP) is 8.62. The molecule has 0 unspecified atom stereocenters. The fraction of sp³-hybridized carbons (Fsp3) is 0.100. The number of ether oxygens (including phenoxy) is 3. The maximum atomic E-state index is 11.5. The minimum absolute atomic E-state index is 0.232. The molecule has 0 bridgehead atoms. The van der Waals surface area contributed by atoms with Gasteiger partial charge in [-0.15, -0.1) is 0 Å². The first-order chi connectivity index (χ1) is 22.7. The van der Waals surface area contributed by atoms with Gasteiger partial charge in [-0.2, -0.15) is 0 Å². The van der Waals surface area contributed by atoms with E-state index in [1.54, 1.807) is 76.2 Å². The monoisotopic (exact) mass is 646 g/mol. The Morgan fingerprint density at radius 3 is 0.875 bits per heavy atom. The van der Waals surface area contributed by atoms with Crippen LogP contribution in [0.15, 0.2) is 146 Å². The zero-order valence-corrected chi connectivity index (χ0v) is 27.4. The van der Waals surface area contributed by atoms with E-state index in [4.69, 9.17) is 14.2 Å². The molecular weight excluding hydrogens is 608 g/mol. The lowest BCUT2D eigenvalue weighted by atomic mass is 10.1. The van der Waals surface area contributed by atoms with E-state index < -0.39 is 17.9 Å². The summed E-state index contributed by atoms with van der Waals surface area (Å²) in [7, 11) is 0. The number of benzene rings is 4. The van der Waals surface area contributed by atoms with Gasteiger partial charge in [-0.05, 0) is 104 Å². The molecule has 0 atom stereocenters. The third kappa shape index (κ3) is 13.0. The molecule has 0 heterocycles. The standard InChI is InChI=1S/C20H18O4.C16H14O3.C4H6O/c1-13(2)19(21)23-17-9-5-15(6-10-17)16-7-11-18(12-8-16)24-20(22)14(3)4;1-11(2)16(18)19-15-9-5-13(6-10-15)12-3-7-14(17)8-4-12;1-4(2)3-5/h5-12H,1,3H2,2,4H3;3-10,17H,1H2,2H3;3H,1H2,2H3. The minimum Gasteiger partial charge on any atom is -0.508 e. The molecule has 0 aliphatic heterocycles. The van der Waals surface area contributed by atoms with Crippen molar-refractivity contribution < 1.29 is 38.5 Å². The number of carbonyl (C=O) groups excluding carboxylic acids is 4. The van der Waals surface area contributed by atoms with Gasteiger partial charge in [0.05, 0.1) is 0 Å². The summed E-state index contributed by atoms with van der Waals surface area (Å²) in [5.74, 6) is 0.291. The van der Waals surface area contributed by atoms with Crippen molar-refractivity contribution in [2.45, 2.75) is 27.7 Å². The number of hydrogen-bond acceptors (Lipinski definition) is 8. The van der Waals surface area contributed by atoms with Gasteiger partial charge in [0.25, 0.3) is 0 Å². The van der Waals surface area contributed by atoms with Gasteiger partial charge < -0.3 is 19.3 Å². The Labute approximate surface area is 280 Å². The first-order valence-electron chi connectivity index (χ1n) is 14.5. The second-order valence-electron chi connectivity index (χ2n) is 10.6.